The molecule has 1 aromatic rings. The maximum Gasteiger partial charge on any atom is 0.0398 e. The van der Waals surface area contributed by atoms with E-state index in [0.29, 0.717) is 0 Å². The van der Waals surface area contributed by atoms with E-state index in [9.17, 15) is 0 Å². The van der Waals surface area contributed by atoms with Crippen LogP contribution in [0.2, 0.25) is 0 Å². The van der Waals surface area contributed by atoms with Crippen molar-refractivity contribution in [3.05, 3.63) is 29.8 Å². The van der Waals surface area contributed by atoms with Gasteiger partial charge in [0.15, 0.2) is 0 Å². The molecule has 1 atom stereocenters. The zero-order valence-corrected chi connectivity index (χ0v) is 12.7. The van der Waals surface area contributed by atoms with Gasteiger partial charge in [0.05, 0.1) is 0 Å². The number of hydrogen-bond donors (Lipinski definition) is 1. The van der Waals surface area contributed by atoms with Gasteiger partial charge >= 0.3 is 0 Å². The average molecular weight is 260 g/mol. The molecule has 19 heavy (non-hydrogen) atoms. The van der Waals surface area contributed by atoms with Crippen LogP contribution in [-0.4, -0.2) is 19.1 Å². The van der Waals surface area contributed by atoms with E-state index in [4.69, 9.17) is 5.73 Å². The minimum Gasteiger partial charge on any atom is -0.371 e. The number of nitrogens with two attached hydrogens (primary N) is 1. The number of anilines is 1. The Balaban J connectivity index is 2.04. The highest BCUT2D eigenvalue weighted by Crippen LogP contribution is 2.27. The Hall–Kier alpha value is -1.02. The van der Waals surface area contributed by atoms with Crippen molar-refractivity contribution in [2.24, 2.45) is 11.1 Å². The molecule has 1 aromatic carbocycles. The Morgan fingerprint density at radius 3 is 2.68 bits per heavy atom. The van der Waals surface area contributed by atoms with E-state index >= 15 is 0 Å². The molecule has 2 heteroatoms. The molecule has 1 unspecified atom stereocenters. The summed E-state index contributed by atoms with van der Waals surface area (Å²) in [6, 6.07) is 9.12. The monoisotopic (exact) mass is 260 g/mol. The third-order valence-corrected chi connectivity index (χ3v) is 4.28. The molecule has 1 aliphatic rings. The van der Waals surface area contributed by atoms with Crippen molar-refractivity contribution < 1.29 is 0 Å². The lowest BCUT2D eigenvalue weighted by Crippen LogP contribution is -2.39. The number of nitrogens with zero attached hydrogens (tertiary/aromatic N) is 1. The van der Waals surface area contributed by atoms with E-state index in [1.807, 2.05) is 0 Å². The summed E-state index contributed by atoms with van der Waals surface area (Å²) in [5.74, 6) is 0. The number of fused-ring (bicyclic) bond motifs is 1. The van der Waals surface area contributed by atoms with Gasteiger partial charge < -0.3 is 10.6 Å². The van der Waals surface area contributed by atoms with Crippen LogP contribution < -0.4 is 10.6 Å². The van der Waals surface area contributed by atoms with Gasteiger partial charge in [-0.3, -0.25) is 0 Å². The highest BCUT2D eigenvalue weighted by atomic mass is 15.1. The van der Waals surface area contributed by atoms with Crippen LogP contribution in [0.4, 0.5) is 5.69 Å². The summed E-state index contributed by atoms with van der Waals surface area (Å²) < 4.78 is 0. The Morgan fingerprint density at radius 2 is 1.95 bits per heavy atom. The lowest BCUT2D eigenvalue weighted by Gasteiger charge is -2.31. The summed E-state index contributed by atoms with van der Waals surface area (Å²) in [5, 5.41) is 0. The van der Waals surface area contributed by atoms with Crippen LogP contribution in [-0.2, 0) is 6.42 Å². The summed E-state index contributed by atoms with van der Waals surface area (Å²) in [6.07, 6.45) is 4.88. The van der Waals surface area contributed by atoms with E-state index < -0.39 is 0 Å². The smallest absolute Gasteiger partial charge is 0.0398 e. The number of benzene rings is 1. The maximum absolute atomic E-state index is 6.30. The van der Waals surface area contributed by atoms with Crippen LogP contribution >= 0.6 is 0 Å². The molecular formula is C17H28N2. The number of aryl methyl sites for hydroxylation is 1. The van der Waals surface area contributed by atoms with E-state index in [1.54, 1.807) is 0 Å². The van der Waals surface area contributed by atoms with Gasteiger partial charge in [0, 0.05) is 24.8 Å². The van der Waals surface area contributed by atoms with Gasteiger partial charge in [-0.05, 0) is 42.7 Å². The molecule has 0 radical (unpaired) electrons. The van der Waals surface area contributed by atoms with Crippen LogP contribution in [0.1, 0.15) is 45.6 Å². The predicted molar refractivity (Wildman–Crippen MR) is 83.6 cm³/mol. The predicted octanol–water partition coefficient (Wildman–Crippen LogP) is 3.59. The molecule has 2 N–H and O–H groups in total. The standard InChI is InChI=1S/C17H28N2/c1-17(2,3)16(18)11-13-19-12-7-6-9-14-8-4-5-10-15(14)19/h4-5,8,10,16H,6-7,9,11-13,18H2,1-3H3. The summed E-state index contributed by atoms with van der Waals surface area (Å²) in [6.45, 7) is 8.94. The molecule has 2 nitrogen and oxygen atoms in total. The molecule has 0 amide bonds. The molecule has 1 heterocycles. The van der Waals surface area contributed by atoms with Crippen molar-refractivity contribution in [1.82, 2.24) is 0 Å². The molecule has 0 spiro atoms. The van der Waals surface area contributed by atoms with Gasteiger partial charge in [0.1, 0.15) is 0 Å². The molecular weight excluding hydrogens is 232 g/mol. The van der Waals surface area contributed by atoms with Gasteiger partial charge in [-0.15, -0.1) is 0 Å². The molecule has 2 rings (SSSR count). The average Bonchev–Trinajstić information content (AvgIpc) is 2.57. The fourth-order valence-electron chi connectivity index (χ4n) is 2.73. The minimum absolute atomic E-state index is 0.200. The number of rotatable bonds is 3. The Bertz CT molecular complexity index is 406. The van der Waals surface area contributed by atoms with Gasteiger partial charge in [-0.25, -0.2) is 0 Å². The fraction of sp³-hybridized carbons (Fsp3) is 0.647. The second kappa shape index (κ2) is 5.96. The normalized spacial score (nSPS) is 17.8. The van der Waals surface area contributed by atoms with Crippen molar-refractivity contribution in [2.75, 3.05) is 18.0 Å². The van der Waals surface area contributed by atoms with Crippen molar-refractivity contribution in [3.63, 3.8) is 0 Å². The molecule has 0 bridgehead atoms. The van der Waals surface area contributed by atoms with Crippen molar-refractivity contribution >= 4 is 5.69 Å². The molecule has 0 aromatic heterocycles. The molecule has 106 valence electrons. The fourth-order valence-corrected chi connectivity index (χ4v) is 2.73. The van der Waals surface area contributed by atoms with Crippen LogP contribution in [0.25, 0.3) is 0 Å². The first-order chi connectivity index (χ1) is 8.98. The second-order valence-corrected chi connectivity index (χ2v) is 6.83. The second-order valence-electron chi connectivity index (χ2n) is 6.83. The first kappa shape index (κ1) is 14.4. The van der Waals surface area contributed by atoms with Crippen molar-refractivity contribution in [3.8, 4) is 0 Å². The highest BCUT2D eigenvalue weighted by molar-refractivity contribution is 5.54. The SMILES string of the molecule is CC(C)(C)C(N)CCN1CCCCc2ccccc21. The number of hydrogen-bond acceptors (Lipinski definition) is 2. The zero-order chi connectivity index (χ0) is 13.9. The Labute approximate surface area is 118 Å². The molecule has 1 aliphatic heterocycles. The molecule has 0 saturated carbocycles. The van der Waals surface area contributed by atoms with E-state index in [-0.39, 0.29) is 11.5 Å². The first-order valence-corrected chi connectivity index (χ1v) is 7.57. The zero-order valence-electron chi connectivity index (χ0n) is 12.7. The minimum atomic E-state index is 0.200. The first-order valence-electron chi connectivity index (χ1n) is 7.57. The topological polar surface area (TPSA) is 29.3 Å². The lowest BCUT2D eigenvalue weighted by atomic mass is 9.85. The quantitative estimate of drug-likeness (QED) is 0.900. The van der Waals surface area contributed by atoms with E-state index in [1.165, 1.54) is 37.1 Å². The lowest BCUT2D eigenvalue weighted by molar-refractivity contribution is 0.307. The van der Waals surface area contributed by atoms with Gasteiger partial charge in [0.25, 0.3) is 0 Å². The third kappa shape index (κ3) is 3.73. The molecule has 0 fully saturated rings. The van der Waals surface area contributed by atoms with Crippen molar-refractivity contribution in [1.29, 1.82) is 0 Å². The van der Waals surface area contributed by atoms with E-state index in [2.05, 4.69) is 49.9 Å². The molecule has 0 saturated heterocycles. The Morgan fingerprint density at radius 1 is 1.21 bits per heavy atom. The van der Waals surface area contributed by atoms with Crippen LogP contribution in [0, 0.1) is 5.41 Å². The largest absolute Gasteiger partial charge is 0.371 e. The van der Waals surface area contributed by atoms with Gasteiger partial charge in [-0.2, -0.15) is 0 Å². The van der Waals surface area contributed by atoms with Gasteiger partial charge in [0.2, 0.25) is 0 Å². The highest BCUT2D eigenvalue weighted by Gasteiger charge is 2.22. The maximum atomic E-state index is 6.30. The van der Waals surface area contributed by atoms with Crippen molar-refractivity contribution in [2.45, 2.75) is 52.5 Å². The van der Waals surface area contributed by atoms with Crippen LogP contribution in [0.5, 0.6) is 0 Å². The summed E-state index contributed by atoms with van der Waals surface area (Å²) in [4.78, 5) is 2.54. The number of para-hydroxylation sites is 1. The van der Waals surface area contributed by atoms with E-state index in [0.717, 1.165) is 13.0 Å². The summed E-state index contributed by atoms with van der Waals surface area (Å²) in [7, 11) is 0. The Kier molecular flexibility index (Phi) is 4.51. The van der Waals surface area contributed by atoms with Crippen LogP contribution in [0.15, 0.2) is 24.3 Å². The van der Waals surface area contributed by atoms with Crippen LogP contribution in [0.3, 0.4) is 0 Å². The molecule has 0 aliphatic carbocycles. The van der Waals surface area contributed by atoms with Gasteiger partial charge in [-0.1, -0.05) is 39.0 Å². The summed E-state index contributed by atoms with van der Waals surface area (Å²) >= 11 is 0. The third-order valence-electron chi connectivity index (χ3n) is 4.28. The summed E-state index contributed by atoms with van der Waals surface area (Å²) in [5.41, 5.74) is 9.44.